The van der Waals surface area contributed by atoms with Crippen molar-refractivity contribution < 1.29 is 4.74 Å². The minimum Gasteiger partial charge on any atom is -0.497 e. The fourth-order valence-electron chi connectivity index (χ4n) is 0.758. The largest absolute Gasteiger partial charge is 0.497 e. The van der Waals surface area contributed by atoms with Crippen molar-refractivity contribution in [1.29, 1.82) is 0 Å². The third-order valence-corrected chi connectivity index (χ3v) is 1.75. The van der Waals surface area contributed by atoms with Gasteiger partial charge in [0, 0.05) is 11.0 Å². The lowest BCUT2D eigenvalue weighted by molar-refractivity contribution is 0.414. The Hall–Kier alpha value is -0.870. The van der Waals surface area contributed by atoms with Crippen LogP contribution < -0.4 is 16.0 Å². The standard InChI is InChI=1S/C7H10N2OS/c1-10-5-2-3-7(11)6(4-5)9-8/h2-4,9,11H,8H2,1H3. The Kier molecular flexibility index (Phi) is 2.62. The van der Waals surface area contributed by atoms with E-state index >= 15 is 0 Å². The summed E-state index contributed by atoms with van der Waals surface area (Å²) >= 11 is 4.17. The summed E-state index contributed by atoms with van der Waals surface area (Å²) in [5, 5.41) is 0. The minimum absolute atomic E-state index is 0.757. The van der Waals surface area contributed by atoms with Crippen molar-refractivity contribution in [1.82, 2.24) is 0 Å². The molecular formula is C7H10N2OS. The monoisotopic (exact) mass is 170 g/mol. The summed E-state index contributed by atoms with van der Waals surface area (Å²) in [6.45, 7) is 0. The van der Waals surface area contributed by atoms with Crippen molar-refractivity contribution in [2.75, 3.05) is 12.5 Å². The van der Waals surface area contributed by atoms with Gasteiger partial charge in [-0.3, -0.25) is 5.84 Å². The zero-order valence-electron chi connectivity index (χ0n) is 6.16. The summed E-state index contributed by atoms with van der Waals surface area (Å²) in [5.74, 6) is 5.98. The van der Waals surface area contributed by atoms with E-state index < -0.39 is 0 Å². The number of ether oxygens (including phenoxy) is 1. The highest BCUT2D eigenvalue weighted by atomic mass is 32.1. The molecule has 1 aromatic carbocycles. The summed E-state index contributed by atoms with van der Waals surface area (Å²) in [6.07, 6.45) is 0. The molecular weight excluding hydrogens is 160 g/mol. The maximum absolute atomic E-state index is 5.22. The van der Waals surface area contributed by atoms with Gasteiger partial charge in [-0.1, -0.05) is 0 Å². The average Bonchev–Trinajstić information content (AvgIpc) is 2.05. The van der Waals surface area contributed by atoms with Crippen molar-refractivity contribution in [2.24, 2.45) is 5.84 Å². The molecule has 0 heterocycles. The van der Waals surface area contributed by atoms with Crippen molar-refractivity contribution in [3.05, 3.63) is 18.2 Å². The summed E-state index contributed by atoms with van der Waals surface area (Å²) < 4.78 is 4.98. The Bertz CT molecular complexity index is 252. The molecule has 11 heavy (non-hydrogen) atoms. The van der Waals surface area contributed by atoms with Crippen molar-refractivity contribution >= 4 is 18.3 Å². The number of hydrogen-bond acceptors (Lipinski definition) is 4. The molecule has 0 fully saturated rings. The topological polar surface area (TPSA) is 47.3 Å². The lowest BCUT2D eigenvalue weighted by Crippen LogP contribution is -2.07. The van der Waals surface area contributed by atoms with Gasteiger partial charge >= 0.3 is 0 Å². The van der Waals surface area contributed by atoms with Crippen LogP contribution in [0.15, 0.2) is 23.1 Å². The van der Waals surface area contributed by atoms with Crippen LogP contribution in [0.1, 0.15) is 0 Å². The van der Waals surface area contributed by atoms with Crippen LogP contribution in [0.4, 0.5) is 5.69 Å². The van der Waals surface area contributed by atoms with Crippen molar-refractivity contribution in [3.8, 4) is 5.75 Å². The molecule has 0 aliphatic heterocycles. The predicted octanol–water partition coefficient (Wildman–Crippen LogP) is 1.27. The van der Waals surface area contributed by atoms with E-state index in [9.17, 15) is 0 Å². The molecule has 0 spiro atoms. The second-order valence-electron chi connectivity index (χ2n) is 2.03. The highest BCUT2D eigenvalue weighted by Crippen LogP contribution is 2.23. The number of nitrogens with one attached hydrogen (secondary N) is 1. The molecule has 1 rings (SSSR count). The first-order valence-corrected chi connectivity index (χ1v) is 3.56. The number of thiol groups is 1. The molecule has 3 nitrogen and oxygen atoms in total. The number of anilines is 1. The van der Waals surface area contributed by atoms with Gasteiger partial charge in [-0.15, -0.1) is 12.6 Å². The highest BCUT2D eigenvalue weighted by Gasteiger charge is 1.97. The third-order valence-electron chi connectivity index (χ3n) is 1.36. The van der Waals surface area contributed by atoms with Crippen LogP contribution in [0.2, 0.25) is 0 Å². The minimum atomic E-state index is 0.757. The SMILES string of the molecule is COc1ccc(S)c(NN)c1. The maximum Gasteiger partial charge on any atom is 0.121 e. The Labute approximate surface area is 70.9 Å². The van der Waals surface area contributed by atoms with E-state index in [0.29, 0.717) is 0 Å². The molecule has 0 radical (unpaired) electrons. The first-order chi connectivity index (χ1) is 5.27. The molecule has 0 atom stereocenters. The van der Waals surface area contributed by atoms with E-state index in [2.05, 4.69) is 18.1 Å². The van der Waals surface area contributed by atoms with Crippen molar-refractivity contribution in [2.45, 2.75) is 4.90 Å². The normalized spacial score (nSPS) is 9.36. The fraction of sp³-hybridized carbons (Fsp3) is 0.143. The Morgan fingerprint density at radius 2 is 2.27 bits per heavy atom. The van der Waals surface area contributed by atoms with Gasteiger partial charge in [0.1, 0.15) is 5.75 Å². The van der Waals surface area contributed by atoms with Gasteiger partial charge in [0.25, 0.3) is 0 Å². The van der Waals surface area contributed by atoms with E-state index in [0.717, 1.165) is 16.3 Å². The number of methoxy groups -OCH3 is 1. The van der Waals surface area contributed by atoms with E-state index in [1.54, 1.807) is 13.2 Å². The van der Waals surface area contributed by atoms with Gasteiger partial charge in [-0.2, -0.15) is 0 Å². The van der Waals surface area contributed by atoms with Gasteiger partial charge in [0.05, 0.1) is 12.8 Å². The summed E-state index contributed by atoms with van der Waals surface area (Å²) in [5.41, 5.74) is 3.27. The van der Waals surface area contributed by atoms with Crippen LogP contribution in [-0.4, -0.2) is 7.11 Å². The molecule has 3 N–H and O–H groups in total. The number of hydrazine groups is 1. The molecule has 0 saturated carbocycles. The Morgan fingerprint density at radius 1 is 1.55 bits per heavy atom. The quantitative estimate of drug-likeness (QED) is 0.356. The van der Waals surface area contributed by atoms with Crippen LogP contribution >= 0.6 is 12.6 Å². The van der Waals surface area contributed by atoms with Crippen LogP contribution in [0.5, 0.6) is 5.75 Å². The second-order valence-corrected chi connectivity index (χ2v) is 2.51. The van der Waals surface area contributed by atoms with Gasteiger partial charge in [-0.05, 0) is 12.1 Å². The van der Waals surface area contributed by atoms with E-state index in [1.165, 1.54) is 0 Å². The number of nitrogen functional groups attached to an aromatic ring is 1. The Balaban J connectivity index is 3.02. The van der Waals surface area contributed by atoms with Gasteiger partial charge in [0.15, 0.2) is 0 Å². The van der Waals surface area contributed by atoms with Crippen LogP contribution in [0.25, 0.3) is 0 Å². The zero-order valence-corrected chi connectivity index (χ0v) is 7.06. The maximum atomic E-state index is 5.22. The predicted molar refractivity (Wildman–Crippen MR) is 48.1 cm³/mol. The number of rotatable bonds is 2. The molecule has 0 amide bonds. The smallest absolute Gasteiger partial charge is 0.121 e. The molecule has 0 aliphatic carbocycles. The van der Waals surface area contributed by atoms with Gasteiger partial charge in [0.2, 0.25) is 0 Å². The first kappa shape index (κ1) is 8.23. The number of nitrogens with two attached hydrogens (primary N) is 1. The summed E-state index contributed by atoms with van der Waals surface area (Å²) in [4.78, 5) is 0.799. The Morgan fingerprint density at radius 3 is 2.82 bits per heavy atom. The molecule has 60 valence electrons. The van der Waals surface area contributed by atoms with Crippen LogP contribution in [-0.2, 0) is 0 Å². The molecule has 0 aliphatic rings. The molecule has 0 unspecified atom stereocenters. The fourth-order valence-corrected chi connectivity index (χ4v) is 0.961. The highest BCUT2D eigenvalue weighted by molar-refractivity contribution is 7.80. The van der Waals surface area contributed by atoms with Gasteiger partial charge in [-0.25, -0.2) is 0 Å². The third kappa shape index (κ3) is 1.78. The summed E-state index contributed by atoms with van der Waals surface area (Å²) in [6, 6.07) is 5.42. The number of benzene rings is 1. The van der Waals surface area contributed by atoms with E-state index in [4.69, 9.17) is 10.6 Å². The molecule has 0 bridgehead atoms. The summed E-state index contributed by atoms with van der Waals surface area (Å²) in [7, 11) is 1.60. The van der Waals surface area contributed by atoms with Crippen molar-refractivity contribution in [3.63, 3.8) is 0 Å². The van der Waals surface area contributed by atoms with Crippen LogP contribution in [0, 0.1) is 0 Å². The van der Waals surface area contributed by atoms with Gasteiger partial charge < -0.3 is 10.2 Å². The molecule has 0 saturated heterocycles. The lowest BCUT2D eigenvalue weighted by atomic mass is 10.3. The van der Waals surface area contributed by atoms with E-state index in [-0.39, 0.29) is 0 Å². The molecule has 4 heteroatoms. The zero-order chi connectivity index (χ0) is 8.27. The lowest BCUT2D eigenvalue weighted by Gasteiger charge is -2.05. The average molecular weight is 170 g/mol. The van der Waals surface area contributed by atoms with E-state index in [1.807, 2.05) is 12.1 Å². The van der Waals surface area contributed by atoms with Crippen LogP contribution in [0.3, 0.4) is 0 Å². The molecule has 0 aromatic heterocycles. The number of hydrogen-bond donors (Lipinski definition) is 3. The molecule has 1 aromatic rings. The second kappa shape index (κ2) is 3.50. The first-order valence-electron chi connectivity index (χ1n) is 3.11.